The molecule has 0 saturated carbocycles. The van der Waals surface area contributed by atoms with Crippen LogP contribution >= 0.6 is 32.8 Å². The zero-order chi connectivity index (χ0) is 18.2. The number of halogens is 3. The van der Waals surface area contributed by atoms with Gasteiger partial charge in [0.05, 0.1) is 0 Å². The highest BCUT2D eigenvalue weighted by Crippen LogP contribution is 2.41. The second kappa shape index (κ2) is 7.04. The monoisotopic (exact) mass is 398 g/mol. The van der Waals surface area contributed by atoms with Crippen molar-refractivity contribution in [1.82, 2.24) is 4.98 Å². The van der Waals surface area contributed by atoms with E-state index in [0.29, 0.717) is 21.8 Å². The van der Waals surface area contributed by atoms with Crippen molar-refractivity contribution in [3.8, 4) is 22.6 Å². The summed E-state index contributed by atoms with van der Waals surface area (Å²) in [6, 6.07) is 12.3. The predicted octanol–water partition coefficient (Wildman–Crippen LogP) is 5.86. The zero-order valence-corrected chi connectivity index (χ0v) is 15.8. The Labute approximate surface area is 155 Å². The van der Waals surface area contributed by atoms with Crippen LogP contribution < -0.4 is 5.14 Å². The van der Waals surface area contributed by atoms with Gasteiger partial charge in [0.25, 0.3) is 5.89 Å². The molecule has 8 heteroatoms. The van der Waals surface area contributed by atoms with Crippen molar-refractivity contribution in [2.24, 2.45) is 5.14 Å². The normalized spacial score (nSPS) is 11.8. The third kappa shape index (κ3) is 3.87. The first-order valence-electron chi connectivity index (χ1n) is 7.21. The Hall–Kier alpha value is -1.46. The largest absolute Gasteiger partial charge is 0.434 e. The lowest BCUT2D eigenvalue weighted by Gasteiger charge is -2.05. The fourth-order valence-corrected chi connectivity index (χ4v) is 2.88. The number of hydrogen-bond donors (Lipinski definition) is 1. The SMILES string of the molecule is Cc1ccc(-c2oc(C(F)(F)P)nc2-c2ccc(SN)cc2)cc1Cl. The standard InChI is InChI=1S/C17H14ClF2N2OPS/c1-9-2-3-11(8-13(9)18)15-14(22-16(23-15)17(19,20)24)10-4-6-12(25-21)7-5-10/h2-8H,21,24H2,1H3. The van der Waals surface area contributed by atoms with E-state index in [1.54, 1.807) is 42.5 Å². The molecule has 1 atom stereocenters. The van der Waals surface area contributed by atoms with Gasteiger partial charge in [-0.15, -0.1) is 0 Å². The maximum Gasteiger partial charge on any atom is 0.332 e. The van der Waals surface area contributed by atoms with Crippen LogP contribution in [0, 0.1) is 6.92 Å². The number of benzene rings is 2. The van der Waals surface area contributed by atoms with E-state index in [4.69, 9.17) is 21.2 Å². The van der Waals surface area contributed by atoms with Crippen LogP contribution in [0.2, 0.25) is 5.02 Å². The third-order valence-electron chi connectivity index (χ3n) is 3.61. The van der Waals surface area contributed by atoms with Crippen LogP contribution in [-0.4, -0.2) is 4.98 Å². The van der Waals surface area contributed by atoms with E-state index in [1.807, 2.05) is 6.92 Å². The van der Waals surface area contributed by atoms with Gasteiger partial charge in [0.2, 0.25) is 0 Å². The number of nitrogens with two attached hydrogens (primary N) is 1. The first-order chi connectivity index (χ1) is 11.8. The second-order valence-corrected chi connectivity index (χ2v) is 7.27. The molecule has 2 N–H and O–H groups in total. The summed E-state index contributed by atoms with van der Waals surface area (Å²) in [7, 11) is 1.44. The van der Waals surface area contributed by atoms with Gasteiger partial charge < -0.3 is 4.42 Å². The van der Waals surface area contributed by atoms with E-state index >= 15 is 0 Å². The van der Waals surface area contributed by atoms with Gasteiger partial charge in [-0.1, -0.05) is 45.1 Å². The number of aromatic nitrogens is 1. The molecule has 0 spiro atoms. The molecule has 25 heavy (non-hydrogen) atoms. The average molecular weight is 399 g/mol. The molecule has 130 valence electrons. The Morgan fingerprint density at radius 2 is 1.80 bits per heavy atom. The van der Waals surface area contributed by atoms with Gasteiger partial charge >= 0.3 is 5.66 Å². The smallest absolute Gasteiger partial charge is 0.332 e. The lowest BCUT2D eigenvalue weighted by molar-refractivity contribution is 0.0711. The minimum absolute atomic E-state index is 0.243. The van der Waals surface area contributed by atoms with E-state index < -0.39 is 11.6 Å². The van der Waals surface area contributed by atoms with Gasteiger partial charge in [-0.05, 0) is 42.6 Å². The maximum absolute atomic E-state index is 13.7. The van der Waals surface area contributed by atoms with E-state index in [-0.39, 0.29) is 5.76 Å². The topological polar surface area (TPSA) is 52.0 Å². The van der Waals surface area contributed by atoms with Gasteiger partial charge in [0.15, 0.2) is 5.76 Å². The molecular weight excluding hydrogens is 385 g/mol. The van der Waals surface area contributed by atoms with Gasteiger partial charge in [-0.2, -0.15) is 8.78 Å². The molecule has 1 aromatic heterocycles. The first kappa shape index (κ1) is 18.3. The lowest BCUT2D eigenvalue weighted by Crippen LogP contribution is -2.02. The van der Waals surface area contributed by atoms with Crippen molar-refractivity contribution in [2.75, 3.05) is 0 Å². The third-order valence-corrected chi connectivity index (χ3v) is 4.81. The Morgan fingerprint density at radius 3 is 2.36 bits per heavy atom. The van der Waals surface area contributed by atoms with Gasteiger partial charge in [0, 0.05) is 21.0 Å². The molecule has 3 nitrogen and oxygen atoms in total. The van der Waals surface area contributed by atoms with Crippen LogP contribution in [0.15, 0.2) is 51.8 Å². The number of rotatable bonds is 4. The van der Waals surface area contributed by atoms with Crippen LogP contribution in [0.3, 0.4) is 0 Å². The lowest BCUT2D eigenvalue weighted by atomic mass is 10.0. The van der Waals surface area contributed by atoms with Crippen LogP contribution in [0.25, 0.3) is 22.6 Å². The van der Waals surface area contributed by atoms with Crippen molar-refractivity contribution in [1.29, 1.82) is 0 Å². The molecule has 3 aromatic rings. The molecule has 0 aliphatic carbocycles. The molecule has 1 unspecified atom stereocenters. The minimum atomic E-state index is -3.27. The molecule has 3 rings (SSSR count). The van der Waals surface area contributed by atoms with Crippen LogP contribution in [0.1, 0.15) is 11.5 Å². The molecule has 1 heterocycles. The number of hydrogen-bond acceptors (Lipinski definition) is 4. The Morgan fingerprint density at radius 1 is 1.16 bits per heavy atom. The molecule has 2 aromatic carbocycles. The second-order valence-electron chi connectivity index (χ2n) is 5.43. The number of alkyl halides is 2. The summed E-state index contributed by atoms with van der Waals surface area (Å²) in [5, 5.41) is 6.04. The number of nitrogens with zero attached hydrogens (tertiary/aromatic N) is 1. The fraction of sp³-hybridized carbons (Fsp3) is 0.118. The molecule has 0 bridgehead atoms. The van der Waals surface area contributed by atoms with E-state index in [2.05, 4.69) is 4.98 Å². The summed E-state index contributed by atoms with van der Waals surface area (Å²) in [5.41, 5.74) is -0.836. The summed E-state index contributed by atoms with van der Waals surface area (Å²) >= 11 is 7.27. The molecule has 0 fully saturated rings. The predicted molar refractivity (Wildman–Crippen MR) is 101 cm³/mol. The quantitative estimate of drug-likeness (QED) is 0.441. The summed E-state index contributed by atoms with van der Waals surface area (Å²) in [6.45, 7) is 1.86. The van der Waals surface area contributed by atoms with E-state index in [1.165, 1.54) is 9.24 Å². The van der Waals surface area contributed by atoms with E-state index in [9.17, 15) is 8.78 Å². The van der Waals surface area contributed by atoms with Crippen LogP contribution in [0.5, 0.6) is 0 Å². The number of aryl methyl sites for hydroxylation is 1. The van der Waals surface area contributed by atoms with Crippen molar-refractivity contribution < 1.29 is 13.2 Å². The first-order valence-corrected chi connectivity index (χ1v) is 9.05. The molecule has 0 aliphatic heterocycles. The zero-order valence-electron chi connectivity index (χ0n) is 13.1. The highest BCUT2D eigenvalue weighted by atomic mass is 35.5. The molecule has 0 saturated heterocycles. The van der Waals surface area contributed by atoms with Crippen molar-refractivity contribution in [3.05, 3.63) is 58.9 Å². The fourth-order valence-electron chi connectivity index (χ4n) is 2.28. The summed E-state index contributed by atoms with van der Waals surface area (Å²) in [4.78, 5) is 4.87. The van der Waals surface area contributed by atoms with Gasteiger partial charge in [0.1, 0.15) is 5.69 Å². The van der Waals surface area contributed by atoms with Gasteiger partial charge in [-0.25, -0.2) is 4.98 Å². The maximum atomic E-state index is 13.7. The highest BCUT2D eigenvalue weighted by Gasteiger charge is 2.33. The summed E-state index contributed by atoms with van der Waals surface area (Å²) in [5.74, 6) is -0.427. The van der Waals surface area contributed by atoms with Crippen LogP contribution in [0.4, 0.5) is 8.78 Å². The summed E-state index contributed by atoms with van der Waals surface area (Å²) < 4.78 is 32.8. The number of oxazole rings is 1. The Balaban J connectivity index is 2.18. The van der Waals surface area contributed by atoms with E-state index in [0.717, 1.165) is 22.4 Å². The van der Waals surface area contributed by atoms with Gasteiger partial charge in [-0.3, -0.25) is 5.14 Å². The van der Waals surface area contributed by atoms with Crippen molar-refractivity contribution in [2.45, 2.75) is 17.5 Å². The van der Waals surface area contributed by atoms with Crippen molar-refractivity contribution in [3.63, 3.8) is 0 Å². The molecular formula is C17H14ClF2N2OPS. The van der Waals surface area contributed by atoms with Crippen LogP contribution in [-0.2, 0) is 5.66 Å². The minimum Gasteiger partial charge on any atom is -0.434 e. The summed E-state index contributed by atoms with van der Waals surface area (Å²) in [6.07, 6.45) is 0. The molecule has 0 amide bonds. The highest BCUT2D eigenvalue weighted by molar-refractivity contribution is 7.97. The molecule has 0 aliphatic rings. The average Bonchev–Trinajstić information content (AvgIpc) is 3.03. The Bertz CT molecular complexity index is 910. The Kier molecular flexibility index (Phi) is 5.16. The van der Waals surface area contributed by atoms with Crippen molar-refractivity contribution >= 4 is 32.8 Å². The molecule has 0 radical (unpaired) electrons.